The molecule has 6 nitrogen and oxygen atoms in total. The van der Waals surface area contributed by atoms with Crippen LogP contribution in [0.1, 0.15) is 36.6 Å². The van der Waals surface area contributed by atoms with E-state index in [0.29, 0.717) is 36.2 Å². The van der Waals surface area contributed by atoms with Crippen LogP contribution in [-0.4, -0.2) is 33.4 Å². The highest BCUT2D eigenvalue weighted by atomic mass is 16.5. The Morgan fingerprint density at radius 2 is 1.59 bits per heavy atom. The number of rotatable bonds is 7. The summed E-state index contributed by atoms with van der Waals surface area (Å²) in [6.45, 7) is 4.86. The molecule has 0 aromatic heterocycles. The molecule has 2 aromatic carbocycles. The Morgan fingerprint density at radius 1 is 0.926 bits per heavy atom. The highest BCUT2D eigenvalue weighted by Gasteiger charge is 2.30. The number of fused-ring (bicyclic) bond motifs is 1. The number of methoxy groups -OCH3 is 2. The van der Waals surface area contributed by atoms with Gasteiger partial charge in [-0.05, 0) is 43.7 Å². The van der Waals surface area contributed by atoms with Gasteiger partial charge in [-0.15, -0.1) is 0 Å². The van der Waals surface area contributed by atoms with Crippen LogP contribution in [0.25, 0.3) is 0 Å². The van der Waals surface area contributed by atoms with Gasteiger partial charge in [-0.2, -0.15) is 0 Å². The van der Waals surface area contributed by atoms with E-state index in [9.17, 15) is 4.79 Å². The second-order valence-electron chi connectivity index (χ2n) is 6.02. The SMILES string of the molecule is CCOc1cc2c(cc1OCC)[C@@H](c1ccc(OC)c(OC)c1)OC(=O)C2. The van der Waals surface area contributed by atoms with E-state index in [0.717, 1.165) is 16.7 Å². The highest BCUT2D eigenvalue weighted by molar-refractivity contribution is 5.77. The number of carbonyl (C=O) groups is 1. The predicted molar refractivity (Wildman–Crippen MR) is 100.0 cm³/mol. The first kappa shape index (κ1) is 18.9. The Kier molecular flexibility index (Phi) is 5.74. The van der Waals surface area contributed by atoms with Crippen molar-refractivity contribution in [3.05, 3.63) is 47.0 Å². The van der Waals surface area contributed by atoms with Crippen LogP contribution >= 0.6 is 0 Å². The van der Waals surface area contributed by atoms with Crippen LogP contribution in [0, 0.1) is 0 Å². The predicted octanol–water partition coefficient (Wildman–Crippen LogP) is 3.69. The monoisotopic (exact) mass is 372 g/mol. The van der Waals surface area contributed by atoms with Crippen LogP contribution in [0.3, 0.4) is 0 Å². The molecule has 3 rings (SSSR count). The molecule has 1 aliphatic heterocycles. The van der Waals surface area contributed by atoms with Crippen molar-refractivity contribution in [1.29, 1.82) is 0 Å². The van der Waals surface area contributed by atoms with Gasteiger partial charge in [0.2, 0.25) is 0 Å². The molecule has 2 aromatic rings. The van der Waals surface area contributed by atoms with Crippen LogP contribution in [0.15, 0.2) is 30.3 Å². The molecule has 27 heavy (non-hydrogen) atoms. The summed E-state index contributed by atoms with van der Waals surface area (Å²) < 4.78 is 27.8. The maximum absolute atomic E-state index is 12.2. The van der Waals surface area contributed by atoms with Crippen molar-refractivity contribution in [2.24, 2.45) is 0 Å². The molecule has 0 spiro atoms. The lowest BCUT2D eigenvalue weighted by Crippen LogP contribution is -2.22. The fourth-order valence-corrected chi connectivity index (χ4v) is 3.21. The van der Waals surface area contributed by atoms with E-state index < -0.39 is 6.10 Å². The van der Waals surface area contributed by atoms with Crippen LogP contribution in [-0.2, 0) is 16.0 Å². The first-order valence-electron chi connectivity index (χ1n) is 8.95. The molecule has 0 bridgehead atoms. The van der Waals surface area contributed by atoms with Gasteiger partial charge in [0.25, 0.3) is 0 Å². The van der Waals surface area contributed by atoms with Crippen molar-refractivity contribution in [3.8, 4) is 23.0 Å². The van der Waals surface area contributed by atoms with Gasteiger partial charge >= 0.3 is 5.97 Å². The number of cyclic esters (lactones) is 1. The Morgan fingerprint density at radius 3 is 2.22 bits per heavy atom. The molecular formula is C21H24O6. The molecule has 1 heterocycles. The summed E-state index contributed by atoms with van der Waals surface area (Å²) in [5.74, 6) is 2.19. The van der Waals surface area contributed by atoms with E-state index in [1.165, 1.54) is 0 Å². The van der Waals surface area contributed by atoms with Gasteiger partial charge in [0, 0.05) is 11.1 Å². The van der Waals surface area contributed by atoms with Gasteiger partial charge in [0.15, 0.2) is 29.1 Å². The van der Waals surface area contributed by atoms with Crippen molar-refractivity contribution < 1.29 is 28.5 Å². The van der Waals surface area contributed by atoms with Crippen LogP contribution in [0.2, 0.25) is 0 Å². The summed E-state index contributed by atoms with van der Waals surface area (Å²) in [5, 5.41) is 0. The maximum Gasteiger partial charge on any atom is 0.311 e. The zero-order valence-electron chi connectivity index (χ0n) is 16.0. The average molecular weight is 372 g/mol. The van der Waals surface area contributed by atoms with Crippen molar-refractivity contribution >= 4 is 5.97 Å². The van der Waals surface area contributed by atoms with Gasteiger partial charge in [-0.1, -0.05) is 6.07 Å². The highest BCUT2D eigenvalue weighted by Crippen LogP contribution is 2.42. The smallest absolute Gasteiger partial charge is 0.311 e. The molecular weight excluding hydrogens is 348 g/mol. The van der Waals surface area contributed by atoms with Crippen molar-refractivity contribution in [2.45, 2.75) is 26.4 Å². The quantitative estimate of drug-likeness (QED) is 0.691. The lowest BCUT2D eigenvalue weighted by molar-refractivity contribution is -0.148. The summed E-state index contributed by atoms with van der Waals surface area (Å²) in [6.07, 6.45) is -0.345. The third-order valence-electron chi connectivity index (χ3n) is 4.38. The van der Waals surface area contributed by atoms with Crippen molar-refractivity contribution in [1.82, 2.24) is 0 Å². The number of esters is 1. The third kappa shape index (κ3) is 3.79. The molecule has 0 unspecified atom stereocenters. The molecule has 0 radical (unpaired) electrons. The van der Waals surface area contributed by atoms with Gasteiger partial charge < -0.3 is 23.7 Å². The van der Waals surface area contributed by atoms with Gasteiger partial charge in [-0.25, -0.2) is 0 Å². The van der Waals surface area contributed by atoms with E-state index in [1.54, 1.807) is 20.3 Å². The minimum atomic E-state index is -0.545. The topological polar surface area (TPSA) is 63.2 Å². The molecule has 1 atom stereocenters. The molecule has 0 N–H and O–H groups in total. The molecule has 6 heteroatoms. The molecule has 0 amide bonds. The summed E-state index contributed by atoms with van der Waals surface area (Å²) >= 11 is 0. The van der Waals surface area contributed by atoms with Crippen LogP contribution in [0.4, 0.5) is 0 Å². The van der Waals surface area contributed by atoms with Crippen LogP contribution in [0.5, 0.6) is 23.0 Å². The van der Waals surface area contributed by atoms with E-state index in [2.05, 4.69) is 0 Å². The normalized spacial score (nSPS) is 15.6. The lowest BCUT2D eigenvalue weighted by atomic mass is 9.92. The number of benzene rings is 2. The number of ether oxygens (including phenoxy) is 5. The van der Waals surface area contributed by atoms with E-state index in [1.807, 2.05) is 38.1 Å². The summed E-state index contributed by atoms with van der Waals surface area (Å²) in [4.78, 5) is 12.2. The largest absolute Gasteiger partial charge is 0.493 e. The Labute approximate surface area is 158 Å². The number of hydrogen-bond donors (Lipinski definition) is 0. The van der Waals surface area contributed by atoms with E-state index in [4.69, 9.17) is 23.7 Å². The third-order valence-corrected chi connectivity index (χ3v) is 4.38. The van der Waals surface area contributed by atoms with Gasteiger partial charge in [0.05, 0.1) is 33.9 Å². The second kappa shape index (κ2) is 8.20. The molecule has 1 aliphatic rings. The number of carbonyl (C=O) groups excluding carboxylic acids is 1. The summed E-state index contributed by atoms with van der Waals surface area (Å²) in [7, 11) is 3.15. The van der Waals surface area contributed by atoms with E-state index in [-0.39, 0.29) is 12.4 Å². The molecule has 0 fully saturated rings. The fraction of sp³-hybridized carbons (Fsp3) is 0.381. The second-order valence-corrected chi connectivity index (χ2v) is 6.02. The van der Waals surface area contributed by atoms with Gasteiger partial charge in [-0.3, -0.25) is 4.79 Å². The Bertz CT molecular complexity index is 830. The minimum absolute atomic E-state index is 0.200. The molecule has 0 aliphatic carbocycles. The maximum atomic E-state index is 12.2. The van der Waals surface area contributed by atoms with Crippen molar-refractivity contribution in [2.75, 3.05) is 27.4 Å². The van der Waals surface area contributed by atoms with Crippen LogP contribution < -0.4 is 18.9 Å². The minimum Gasteiger partial charge on any atom is -0.493 e. The lowest BCUT2D eigenvalue weighted by Gasteiger charge is -2.28. The summed E-state index contributed by atoms with van der Waals surface area (Å²) in [6, 6.07) is 9.26. The first-order valence-corrected chi connectivity index (χ1v) is 8.95. The summed E-state index contributed by atoms with van der Waals surface area (Å²) in [5.41, 5.74) is 2.56. The Hall–Kier alpha value is -2.89. The number of hydrogen-bond acceptors (Lipinski definition) is 6. The zero-order chi connectivity index (χ0) is 19.4. The first-order chi connectivity index (χ1) is 13.1. The Balaban J connectivity index is 2.09. The fourth-order valence-electron chi connectivity index (χ4n) is 3.21. The zero-order valence-corrected chi connectivity index (χ0v) is 16.0. The van der Waals surface area contributed by atoms with E-state index >= 15 is 0 Å². The average Bonchev–Trinajstić information content (AvgIpc) is 2.68. The molecule has 0 saturated carbocycles. The standard InChI is InChI=1S/C21H24O6/c1-5-25-18-10-14-11-20(22)27-21(15(14)12-19(18)26-6-2)13-7-8-16(23-3)17(9-13)24-4/h7-10,12,21H,5-6,11H2,1-4H3/t21-/m1/s1. The van der Waals surface area contributed by atoms with Gasteiger partial charge in [0.1, 0.15) is 0 Å². The molecule has 0 saturated heterocycles. The molecule has 144 valence electrons. The van der Waals surface area contributed by atoms with Crippen molar-refractivity contribution in [3.63, 3.8) is 0 Å².